The van der Waals surface area contributed by atoms with Gasteiger partial charge < -0.3 is 10.4 Å². The summed E-state index contributed by atoms with van der Waals surface area (Å²) in [5.41, 5.74) is 0. The second kappa shape index (κ2) is 5.16. The van der Waals surface area contributed by atoms with Crippen molar-refractivity contribution in [1.82, 2.24) is 4.98 Å². The third kappa shape index (κ3) is 2.67. The van der Waals surface area contributed by atoms with E-state index < -0.39 is 17.8 Å². The standard InChI is InChI=1S/C13H16N2O3/c1-8-6-9(10(7-8)13(17)18)12(16)15-11-4-2-3-5-14-11/h2-5,8-10H,6-7H2,1H3,(H,17,18)(H,14,15,16)/t8?,9-,10+/m0/s1. The summed E-state index contributed by atoms with van der Waals surface area (Å²) in [6.45, 7) is 1.98. The number of pyridine rings is 1. The lowest BCUT2D eigenvalue weighted by Gasteiger charge is -2.14. The molecule has 1 fully saturated rings. The first-order chi connectivity index (χ1) is 8.58. The third-order valence-electron chi connectivity index (χ3n) is 3.37. The normalized spacial score (nSPS) is 26.8. The predicted octanol–water partition coefficient (Wildman–Crippen LogP) is 1.77. The van der Waals surface area contributed by atoms with Gasteiger partial charge in [-0.05, 0) is 30.9 Å². The van der Waals surface area contributed by atoms with Gasteiger partial charge >= 0.3 is 5.97 Å². The maximum absolute atomic E-state index is 12.1. The number of carboxylic acids is 1. The lowest BCUT2D eigenvalue weighted by molar-refractivity contribution is -0.145. The van der Waals surface area contributed by atoms with Gasteiger partial charge in [0, 0.05) is 6.20 Å². The Labute approximate surface area is 105 Å². The molecule has 1 aliphatic carbocycles. The Balaban J connectivity index is 2.06. The number of carbonyl (C=O) groups excluding carboxylic acids is 1. The number of amides is 1. The van der Waals surface area contributed by atoms with Gasteiger partial charge in [-0.15, -0.1) is 0 Å². The van der Waals surface area contributed by atoms with Crippen molar-refractivity contribution in [3.63, 3.8) is 0 Å². The minimum atomic E-state index is -0.888. The van der Waals surface area contributed by atoms with Crippen LogP contribution in [0.15, 0.2) is 24.4 Å². The van der Waals surface area contributed by atoms with Crippen molar-refractivity contribution in [2.45, 2.75) is 19.8 Å². The lowest BCUT2D eigenvalue weighted by Crippen LogP contribution is -2.30. The average molecular weight is 248 g/mol. The molecule has 1 heterocycles. The largest absolute Gasteiger partial charge is 0.481 e. The summed E-state index contributed by atoms with van der Waals surface area (Å²) in [7, 11) is 0. The van der Waals surface area contributed by atoms with Crippen LogP contribution in [0.4, 0.5) is 5.82 Å². The number of carboxylic acid groups (broad SMARTS) is 1. The molecule has 0 spiro atoms. The highest BCUT2D eigenvalue weighted by Gasteiger charge is 2.41. The van der Waals surface area contributed by atoms with Gasteiger partial charge in [-0.2, -0.15) is 0 Å². The molecular formula is C13H16N2O3. The number of anilines is 1. The molecule has 1 saturated carbocycles. The van der Waals surface area contributed by atoms with E-state index in [2.05, 4.69) is 10.3 Å². The van der Waals surface area contributed by atoms with Crippen molar-refractivity contribution in [3.05, 3.63) is 24.4 Å². The molecule has 2 N–H and O–H groups in total. The number of aromatic nitrogens is 1. The highest BCUT2D eigenvalue weighted by Crippen LogP contribution is 2.36. The van der Waals surface area contributed by atoms with Crippen LogP contribution in [-0.2, 0) is 9.59 Å². The summed E-state index contributed by atoms with van der Waals surface area (Å²) >= 11 is 0. The van der Waals surface area contributed by atoms with Crippen molar-refractivity contribution in [3.8, 4) is 0 Å². The van der Waals surface area contributed by atoms with E-state index in [0.717, 1.165) is 0 Å². The van der Waals surface area contributed by atoms with Gasteiger partial charge in [-0.3, -0.25) is 9.59 Å². The first kappa shape index (κ1) is 12.5. The molecule has 5 nitrogen and oxygen atoms in total. The van der Waals surface area contributed by atoms with Crippen molar-refractivity contribution in [1.29, 1.82) is 0 Å². The summed E-state index contributed by atoms with van der Waals surface area (Å²) in [5.74, 6) is -1.44. The first-order valence-electron chi connectivity index (χ1n) is 6.02. The molecule has 18 heavy (non-hydrogen) atoms. The molecule has 1 amide bonds. The lowest BCUT2D eigenvalue weighted by atomic mass is 9.95. The number of nitrogens with zero attached hydrogens (tertiary/aromatic N) is 1. The Morgan fingerprint density at radius 3 is 2.67 bits per heavy atom. The van der Waals surface area contributed by atoms with Gasteiger partial charge in [0.15, 0.2) is 0 Å². The first-order valence-corrected chi connectivity index (χ1v) is 6.02. The van der Waals surface area contributed by atoms with Gasteiger partial charge in [0.05, 0.1) is 11.8 Å². The van der Waals surface area contributed by atoms with Crippen molar-refractivity contribution >= 4 is 17.7 Å². The Morgan fingerprint density at radius 1 is 1.33 bits per heavy atom. The zero-order valence-electron chi connectivity index (χ0n) is 10.2. The van der Waals surface area contributed by atoms with Crippen LogP contribution in [-0.4, -0.2) is 22.0 Å². The molecule has 5 heteroatoms. The fourth-order valence-corrected chi connectivity index (χ4v) is 2.51. The summed E-state index contributed by atoms with van der Waals surface area (Å²) < 4.78 is 0. The molecule has 0 aromatic carbocycles. The van der Waals surface area contributed by atoms with E-state index in [0.29, 0.717) is 18.7 Å². The Kier molecular flexibility index (Phi) is 3.60. The molecule has 1 aliphatic rings. The number of nitrogens with one attached hydrogen (secondary N) is 1. The van der Waals surface area contributed by atoms with E-state index in [1.54, 1.807) is 24.4 Å². The maximum atomic E-state index is 12.1. The van der Waals surface area contributed by atoms with Crippen LogP contribution in [0.1, 0.15) is 19.8 Å². The monoisotopic (exact) mass is 248 g/mol. The van der Waals surface area contributed by atoms with Crippen LogP contribution in [0.3, 0.4) is 0 Å². The SMILES string of the molecule is CC1C[C@H](C(=O)Nc2ccccn2)[C@H](C(=O)O)C1. The quantitative estimate of drug-likeness (QED) is 0.854. The highest BCUT2D eigenvalue weighted by atomic mass is 16.4. The maximum Gasteiger partial charge on any atom is 0.307 e. The van der Waals surface area contributed by atoms with Crippen LogP contribution < -0.4 is 5.32 Å². The number of hydrogen-bond donors (Lipinski definition) is 2. The molecule has 0 radical (unpaired) electrons. The molecular weight excluding hydrogens is 232 g/mol. The molecule has 96 valence electrons. The van der Waals surface area contributed by atoms with Crippen LogP contribution in [0.2, 0.25) is 0 Å². The molecule has 3 atom stereocenters. The predicted molar refractivity (Wildman–Crippen MR) is 65.9 cm³/mol. The van der Waals surface area contributed by atoms with Crippen LogP contribution in [0, 0.1) is 17.8 Å². The summed E-state index contributed by atoms with van der Waals surface area (Å²) in [5, 5.41) is 11.8. The van der Waals surface area contributed by atoms with Crippen molar-refractivity contribution in [2.75, 3.05) is 5.32 Å². The second-order valence-corrected chi connectivity index (χ2v) is 4.83. The summed E-state index contributed by atoms with van der Waals surface area (Å²) in [6, 6.07) is 5.22. The Morgan fingerprint density at radius 2 is 2.06 bits per heavy atom. The average Bonchev–Trinajstić information content (AvgIpc) is 2.73. The second-order valence-electron chi connectivity index (χ2n) is 4.83. The van der Waals surface area contributed by atoms with E-state index >= 15 is 0 Å². The Hall–Kier alpha value is -1.91. The number of carbonyl (C=O) groups is 2. The number of rotatable bonds is 3. The molecule has 0 aliphatic heterocycles. The van der Waals surface area contributed by atoms with E-state index in [1.807, 2.05) is 6.92 Å². The number of hydrogen-bond acceptors (Lipinski definition) is 3. The summed E-state index contributed by atoms with van der Waals surface area (Å²) in [6.07, 6.45) is 2.77. The minimum absolute atomic E-state index is 0.245. The molecule has 0 bridgehead atoms. The summed E-state index contributed by atoms with van der Waals surface area (Å²) in [4.78, 5) is 27.2. The smallest absolute Gasteiger partial charge is 0.307 e. The topological polar surface area (TPSA) is 79.3 Å². The zero-order chi connectivity index (χ0) is 13.1. The van der Waals surface area contributed by atoms with Crippen molar-refractivity contribution in [2.24, 2.45) is 17.8 Å². The van der Waals surface area contributed by atoms with Crippen LogP contribution in [0.5, 0.6) is 0 Å². The van der Waals surface area contributed by atoms with Gasteiger partial charge in [0.1, 0.15) is 5.82 Å². The molecule has 2 rings (SSSR count). The Bertz CT molecular complexity index is 447. The van der Waals surface area contributed by atoms with E-state index in [-0.39, 0.29) is 11.8 Å². The molecule has 1 unspecified atom stereocenters. The molecule has 1 aromatic rings. The van der Waals surface area contributed by atoms with Gasteiger partial charge in [0.25, 0.3) is 0 Å². The fraction of sp³-hybridized carbons (Fsp3) is 0.462. The highest BCUT2D eigenvalue weighted by molar-refractivity contribution is 5.94. The minimum Gasteiger partial charge on any atom is -0.481 e. The van der Waals surface area contributed by atoms with E-state index in [4.69, 9.17) is 5.11 Å². The van der Waals surface area contributed by atoms with Gasteiger partial charge in [0.2, 0.25) is 5.91 Å². The van der Waals surface area contributed by atoms with Gasteiger partial charge in [-0.25, -0.2) is 4.98 Å². The van der Waals surface area contributed by atoms with Crippen molar-refractivity contribution < 1.29 is 14.7 Å². The number of aliphatic carboxylic acids is 1. The van der Waals surface area contributed by atoms with Crippen LogP contribution in [0.25, 0.3) is 0 Å². The fourth-order valence-electron chi connectivity index (χ4n) is 2.51. The van der Waals surface area contributed by atoms with Gasteiger partial charge in [-0.1, -0.05) is 13.0 Å². The molecule has 1 aromatic heterocycles. The van der Waals surface area contributed by atoms with E-state index in [1.165, 1.54) is 0 Å². The third-order valence-corrected chi connectivity index (χ3v) is 3.37. The molecule has 0 saturated heterocycles. The van der Waals surface area contributed by atoms with E-state index in [9.17, 15) is 9.59 Å². The van der Waals surface area contributed by atoms with Crippen LogP contribution >= 0.6 is 0 Å². The zero-order valence-corrected chi connectivity index (χ0v) is 10.2.